The van der Waals surface area contributed by atoms with Crippen LogP contribution in [0.25, 0.3) is 0 Å². The van der Waals surface area contributed by atoms with E-state index in [9.17, 15) is 14.5 Å². The maximum atomic E-state index is 13.7. The first-order valence-corrected chi connectivity index (χ1v) is 6.83. The van der Waals surface area contributed by atoms with E-state index in [2.05, 4.69) is 0 Å². The molecule has 2 rings (SSSR count). The van der Waals surface area contributed by atoms with Gasteiger partial charge in [0.15, 0.2) is 0 Å². The molecule has 7 heteroatoms. The van der Waals surface area contributed by atoms with Crippen molar-refractivity contribution < 1.29 is 14.1 Å². The first kappa shape index (κ1) is 15.5. The minimum atomic E-state index is -0.548. The predicted octanol–water partition coefficient (Wildman–Crippen LogP) is 4.71. The summed E-state index contributed by atoms with van der Waals surface area (Å²) in [5.41, 5.74) is 0.682. The number of benzene rings is 2. The van der Waals surface area contributed by atoms with Gasteiger partial charge in [0, 0.05) is 23.3 Å². The van der Waals surface area contributed by atoms with Crippen LogP contribution in [0.5, 0.6) is 5.75 Å². The molecule has 0 saturated carbocycles. The summed E-state index contributed by atoms with van der Waals surface area (Å²) in [7, 11) is 0. The van der Waals surface area contributed by atoms with Gasteiger partial charge in [0.25, 0.3) is 5.69 Å². The first-order chi connectivity index (χ1) is 10.0. The van der Waals surface area contributed by atoms with E-state index in [-0.39, 0.29) is 23.2 Å². The molecule has 0 fully saturated rings. The van der Waals surface area contributed by atoms with E-state index in [1.807, 2.05) is 0 Å². The third kappa shape index (κ3) is 3.62. The molecular formula is C14H10Cl2FNO3. The summed E-state index contributed by atoms with van der Waals surface area (Å²) in [4.78, 5) is 10.2. The summed E-state index contributed by atoms with van der Waals surface area (Å²) in [6.07, 6.45) is 0. The largest absolute Gasteiger partial charge is 0.488 e. The number of nitro benzene ring substituents is 1. The average Bonchev–Trinajstić information content (AvgIpc) is 2.48. The van der Waals surface area contributed by atoms with Gasteiger partial charge in [-0.05, 0) is 12.1 Å². The number of hydrogen-bond acceptors (Lipinski definition) is 3. The van der Waals surface area contributed by atoms with E-state index in [1.54, 1.807) is 12.1 Å². The van der Waals surface area contributed by atoms with Crippen molar-refractivity contribution in [2.45, 2.75) is 12.5 Å². The molecule has 0 N–H and O–H groups in total. The SMILES string of the molecule is O=[N+]([O-])c1ccc(OCc2cccc(Cl)c2F)c(CCl)c1. The number of rotatable bonds is 5. The maximum absolute atomic E-state index is 13.7. The quantitative estimate of drug-likeness (QED) is 0.453. The molecule has 0 unspecified atom stereocenters. The van der Waals surface area contributed by atoms with Crippen molar-refractivity contribution >= 4 is 28.9 Å². The normalized spacial score (nSPS) is 10.4. The number of non-ortho nitro benzene ring substituents is 1. The molecule has 0 aromatic heterocycles. The summed E-state index contributed by atoms with van der Waals surface area (Å²) < 4.78 is 19.2. The van der Waals surface area contributed by atoms with Gasteiger partial charge in [0.2, 0.25) is 0 Å². The van der Waals surface area contributed by atoms with Gasteiger partial charge in [-0.25, -0.2) is 4.39 Å². The van der Waals surface area contributed by atoms with Crippen LogP contribution in [0.15, 0.2) is 36.4 Å². The van der Waals surface area contributed by atoms with Crippen molar-refractivity contribution in [3.63, 3.8) is 0 Å². The number of halogens is 3. The van der Waals surface area contributed by atoms with Gasteiger partial charge in [-0.1, -0.05) is 23.7 Å². The Labute approximate surface area is 130 Å². The molecular weight excluding hydrogens is 320 g/mol. The second kappa shape index (κ2) is 6.74. The zero-order valence-corrected chi connectivity index (χ0v) is 12.2. The highest BCUT2D eigenvalue weighted by Crippen LogP contribution is 2.27. The lowest BCUT2D eigenvalue weighted by molar-refractivity contribution is -0.384. The van der Waals surface area contributed by atoms with Gasteiger partial charge < -0.3 is 4.74 Å². The van der Waals surface area contributed by atoms with Crippen LogP contribution in [0.1, 0.15) is 11.1 Å². The highest BCUT2D eigenvalue weighted by molar-refractivity contribution is 6.30. The molecule has 2 aromatic carbocycles. The Balaban J connectivity index is 2.20. The molecule has 110 valence electrons. The van der Waals surface area contributed by atoms with Crippen molar-refractivity contribution in [1.29, 1.82) is 0 Å². The highest BCUT2D eigenvalue weighted by atomic mass is 35.5. The molecule has 0 heterocycles. The lowest BCUT2D eigenvalue weighted by Gasteiger charge is -2.11. The third-order valence-corrected chi connectivity index (χ3v) is 3.39. The van der Waals surface area contributed by atoms with Crippen molar-refractivity contribution in [3.8, 4) is 5.75 Å². The van der Waals surface area contributed by atoms with Gasteiger partial charge in [0.1, 0.15) is 18.2 Å². The molecule has 0 radical (unpaired) electrons. The number of alkyl halides is 1. The summed E-state index contributed by atoms with van der Waals surface area (Å²) in [5.74, 6) is -0.127. The second-order valence-electron chi connectivity index (χ2n) is 4.18. The third-order valence-electron chi connectivity index (χ3n) is 2.81. The van der Waals surface area contributed by atoms with Gasteiger partial charge >= 0.3 is 0 Å². The topological polar surface area (TPSA) is 52.4 Å². The molecule has 0 aliphatic rings. The van der Waals surface area contributed by atoms with Crippen molar-refractivity contribution in [1.82, 2.24) is 0 Å². The van der Waals surface area contributed by atoms with Crippen molar-refractivity contribution in [3.05, 3.63) is 68.5 Å². The van der Waals surface area contributed by atoms with Crippen molar-refractivity contribution in [2.75, 3.05) is 0 Å². The highest BCUT2D eigenvalue weighted by Gasteiger charge is 2.12. The van der Waals surface area contributed by atoms with Gasteiger partial charge in [-0.2, -0.15) is 0 Å². The Bertz CT molecular complexity index is 679. The van der Waals surface area contributed by atoms with Gasteiger partial charge in [0.05, 0.1) is 15.8 Å². The maximum Gasteiger partial charge on any atom is 0.270 e. The zero-order chi connectivity index (χ0) is 15.4. The van der Waals surface area contributed by atoms with Crippen LogP contribution in [-0.4, -0.2) is 4.92 Å². The van der Waals surface area contributed by atoms with Gasteiger partial charge in [-0.3, -0.25) is 10.1 Å². The average molecular weight is 330 g/mol. The Morgan fingerprint density at radius 3 is 2.67 bits per heavy atom. The second-order valence-corrected chi connectivity index (χ2v) is 4.86. The summed E-state index contributed by atoms with van der Waals surface area (Å²) >= 11 is 11.4. The molecule has 0 aliphatic heterocycles. The van der Waals surface area contributed by atoms with Crippen LogP contribution in [0.2, 0.25) is 5.02 Å². The fraction of sp³-hybridized carbons (Fsp3) is 0.143. The predicted molar refractivity (Wildman–Crippen MR) is 78.4 cm³/mol. The Morgan fingerprint density at radius 1 is 1.24 bits per heavy atom. The summed E-state index contributed by atoms with van der Waals surface area (Å²) in [5, 5.41) is 10.7. The Kier molecular flexibility index (Phi) is 4.98. The zero-order valence-electron chi connectivity index (χ0n) is 10.7. The standard InChI is InChI=1S/C14H10Cl2FNO3/c15-7-10-6-11(18(19)20)4-5-13(10)21-8-9-2-1-3-12(16)14(9)17/h1-6H,7-8H2. The van der Waals surface area contributed by atoms with E-state index in [0.717, 1.165) is 0 Å². The van der Waals surface area contributed by atoms with Gasteiger partial charge in [-0.15, -0.1) is 11.6 Å². The number of nitrogens with zero attached hydrogens (tertiary/aromatic N) is 1. The molecule has 0 saturated heterocycles. The smallest absolute Gasteiger partial charge is 0.270 e. The molecule has 0 bridgehead atoms. The molecule has 4 nitrogen and oxygen atoms in total. The van der Waals surface area contributed by atoms with Crippen molar-refractivity contribution in [2.24, 2.45) is 0 Å². The van der Waals surface area contributed by atoms with Crippen LogP contribution < -0.4 is 4.74 Å². The molecule has 0 atom stereocenters. The van der Waals surface area contributed by atoms with E-state index in [0.29, 0.717) is 16.9 Å². The number of hydrogen-bond donors (Lipinski definition) is 0. The number of ether oxygens (including phenoxy) is 1. The van der Waals surface area contributed by atoms with E-state index in [4.69, 9.17) is 27.9 Å². The van der Waals surface area contributed by atoms with Crippen LogP contribution in [0, 0.1) is 15.9 Å². The summed E-state index contributed by atoms with van der Waals surface area (Å²) in [6, 6.07) is 8.68. The molecule has 0 spiro atoms. The fourth-order valence-electron chi connectivity index (χ4n) is 1.74. The van der Waals surface area contributed by atoms with Crippen LogP contribution >= 0.6 is 23.2 Å². The van der Waals surface area contributed by atoms with Crippen LogP contribution in [-0.2, 0) is 12.5 Å². The van der Waals surface area contributed by atoms with Crippen LogP contribution in [0.4, 0.5) is 10.1 Å². The Morgan fingerprint density at radius 2 is 2.00 bits per heavy atom. The molecule has 2 aromatic rings. The van der Waals surface area contributed by atoms with E-state index < -0.39 is 10.7 Å². The summed E-state index contributed by atoms with van der Waals surface area (Å²) in [6.45, 7) is -0.0475. The fourth-order valence-corrected chi connectivity index (χ4v) is 2.14. The minimum Gasteiger partial charge on any atom is -0.488 e. The minimum absolute atomic E-state index is 0.0115. The lowest BCUT2D eigenvalue weighted by Crippen LogP contribution is -2.01. The molecule has 21 heavy (non-hydrogen) atoms. The van der Waals surface area contributed by atoms with E-state index in [1.165, 1.54) is 24.3 Å². The number of nitro groups is 1. The first-order valence-electron chi connectivity index (χ1n) is 5.92. The Hall–Kier alpha value is -1.85. The molecule has 0 aliphatic carbocycles. The van der Waals surface area contributed by atoms with Crippen LogP contribution in [0.3, 0.4) is 0 Å². The van der Waals surface area contributed by atoms with E-state index >= 15 is 0 Å². The monoisotopic (exact) mass is 329 g/mol. The molecule has 0 amide bonds. The lowest BCUT2D eigenvalue weighted by atomic mass is 10.2.